The van der Waals surface area contributed by atoms with E-state index < -0.39 is 11.9 Å². The Morgan fingerprint density at radius 1 is 1.20 bits per heavy atom. The zero-order valence-corrected chi connectivity index (χ0v) is 12.6. The summed E-state index contributed by atoms with van der Waals surface area (Å²) < 4.78 is 32.5. The molecule has 2 nitrogen and oxygen atoms in total. The van der Waals surface area contributed by atoms with Crippen molar-refractivity contribution in [3.8, 4) is 5.75 Å². The van der Waals surface area contributed by atoms with Gasteiger partial charge in [-0.3, -0.25) is 0 Å². The first-order valence-electron chi connectivity index (χ1n) is 5.78. The molecule has 2 N–H and O–H groups in total. The molecule has 0 aliphatic carbocycles. The fourth-order valence-corrected chi connectivity index (χ4v) is 2.41. The molecule has 0 spiro atoms. The van der Waals surface area contributed by atoms with E-state index in [9.17, 15) is 8.78 Å². The summed E-state index contributed by atoms with van der Waals surface area (Å²) >= 11 is 8.91. The van der Waals surface area contributed by atoms with E-state index in [4.69, 9.17) is 22.1 Å². The van der Waals surface area contributed by atoms with Gasteiger partial charge < -0.3 is 10.5 Å². The minimum Gasteiger partial charge on any atom is -0.483 e. The van der Waals surface area contributed by atoms with Gasteiger partial charge in [0.25, 0.3) is 0 Å². The van der Waals surface area contributed by atoms with Gasteiger partial charge in [-0.15, -0.1) is 0 Å². The highest BCUT2D eigenvalue weighted by Gasteiger charge is 2.15. The summed E-state index contributed by atoms with van der Waals surface area (Å²) in [5, 5.41) is -0.00435. The monoisotopic (exact) mass is 361 g/mol. The summed E-state index contributed by atoms with van der Waals surface area (Å²) in [6.07, 6.45) is -0.507. The van der Waals surface area contributed by atoms with Crippen LogP contribution in [-0.2, 0) is 0 Å². The second-order valence-electron chi connectivity index (χ2n) is 4.09. The molecule has 0 heterocycles. The summed E-state index contributed by atoms with van der Waals surface area (Å²) in [5.74, 6) is -0.644. The van der Waals surface area contributed by atoms with Gasteiger partial charge in [0.2, 0.25) is 0 Å². The molecule has 0 bridgehead atoms. The maximum Gasteiger partial charge on any atom is 0.145 e. The molecule has 20 heavy (non-hydrogen) atoms. The zero-order valence-electron chi connectivity index (χ0n) is 10.2. The average molecular weight is 363 g/mol. The predicted molar refractivity (Wildman–Crippen MR) is 77.9 cm³/mol. The molecule has 0 saturated carbocycles. The lowest BCUT2D eigenvalue weighted by atomic mass is 10.1. The number of nitrogens with two attached hydrogens (primary N) is 1. The SMILES string of the molecule is NCC(Oc1cc(F)c(Cl)cc1Br)c1ccc(F)cc1. The van der Waals surface area contributed by atoms with Gasteiger partial charge >= 0.3 is 0 Å². The third-order valence-corrected chi connectivity index (χ3v) is 3.61. The Labute approximate surface area is 128 Å². The molecule has 2 rings (SSSR count). The van der Waals surface area contributed by atoms with Gasteiger partial charge in [0.1, 0.15) is 23.5 Å². The molecular weight excluding hydrogens is 352 g/mol. The maximum atomic E-state index is 13.5. The van der Waals surface area contributed by atoms with Crippen molar-refractivity contribution in [3.63, 3.8) is 0 Å². The first-order valence-corrected chi connectivity index (χ1v) is 6.95. The first kappa shape index (κ1) is 15.2. The zero-order chi connectivity index (χ0) is 14.7. The fourth-order valence-electron chi connectivity index (χ4n) is 1.68. The molecule has 106 valence electrons. The van der Waals surface area contributed by atoms with E-state index in [1.165, 1.54) is 24.3 Å². The van der Waals surface area contributed by atoms with E-state index >= 15 is 0 Å². The second kappa shape index (κ2) is 6.52. The second-order valence-corrected chi connectivity index (χ2v) is 5.35. The van der Waals surface area contributed by atoms with E-state index in [0.29, 0.717) is 10.0 Å². The quantitative estimate of drug-likeness (QED) is 0.815. The molecule has 1 unspecified atom stereocenters. The number of benzene rings is 2. The van der Waals surface area contributed by atoms with E-state index in [0.717, 1.165) is 0 Å². The van der Waals surface area contributed by atoms with Crippen LogP contribution in [0.25, 0.3) is 0 Å². The molecule has 1 atom stereocenters. The lowest BCUT2D eigenvalue weighted by molar-refractivity contribution is 0.212. The Morgan fingerprint density at radius 2 is 1.85 bits per heavy atom. The summed E-state index contributed by atoms with van der Waals surface area (Å²) in [7, 11) is 0. The largest absolute Gasteiger partial charge is 0.483 e. The third-order valence-electron chi connectivity index (χ3n) is 2.70. The first-order chi connectivity index (χ1) is 9.51. The number of hydrogen-bond acceptors (Lipinski definition) is 2. The molecule has 0 aliphatic heterocycles. The van der Waals surface area contributed by atoms with Crippen LogP contribution in [0.1, 0.15) is 11.7 Å². The summed E-state index contributed by atoms with van der Waals surface area (Å²) in [4.78, 5) is 0. The van der Waals surface area contributed by atoms with Crippen LogP contribution in [0.5, 0.6) is 5.75 Å². The van der Waals surface area contributed by atoms with Crippen LogP contribution in [0, 0.1) is 11.6 Å². The van der Waals surface area contributed by atoms with Crippen molar-refractivity contribution in [1.82, 2.24) is 0 Å². The minimum atomic E-state index is -0.584. The number of halogens is 4. The van der Waals surface area contributed by atoms with Crippen molar-refractivity contribution in [1.29, 1.82) is 0 Å². The van der Waals surface area contributed by atoms with Gasteiger partial charge in [-0.2, -0.15) is 0 Å². The topological polar surface area (TPSA) is 35.2 Å². The van der Waals surface area contributed by atoms with Gasteiger partial charge in [0.15, 0.2) is 0 Å². The van der Waals surface area contributed by atoms with E-state index in [1.807, 2.05) is 0 Å². The lowest BCUT2D eigenvalue weighted by Crippen LogP contribution is -2.18. The van der Waals surface area contributed by atoms with Crippen LogP contribution in [0.4, 0.5) is 8.78 Å². The van der Waals surface area contributed by atoms with Gasteiger partial charge in [-0.05, 0) is 39.7 Å². The summed E-state index contributed by atoms with van der Waals surface area (Å²) in [6.45, 7) is 0.169. The van der Waals surface area contributed by atoms with Gasteiger partial charge in [-0.25, -0.2) is 8.78 Å². The predicted octanol–water partition coefficient (Wildman–Crippen LogP) is 4.46. The van der Waals surface area contributed by atoms with Crippen LogP contribution in [0.3, 0.4) is 0 Å². The highest BCUT2D eigenvalue weighted by Crippen LogP contribution is 2.33. The molecule has 0 aliphatic rings. The fraction of sp³-hybridized carbons (Fsp3) is 0.143. The number of hydrogen-bond donors (Lipinski definition) is 1. The third kappa shape index (κ3) is 3.48. The molecule has 2 aromatic carbocycles. The molecule has 2 aromatic rings. The summed E-state index contributed by atoms with van der Waals surface area (Å²) in [6, 6.07) is 8.38. The average Bonchev–Trinajstić information content (AvgIpc) is 2.42. The van der Waals surface area contributed by atoms with Crippen molar-refractivity contribution in [2.75, 3.05) is 6.54 Å². The molecule has 0 radical (unpaired) electrons. The maximum absolute atomic E-state index is 13.5. The van der Waals surface area contributed by atoms with E-state index in [1.54, 1.807) is 12.1 Å². The molecule has 0 saturated heterocycles. The lowest BCUT2D eigenvalue weighted by Gasteiger charge is -2.19. The highest BCUT2D eigenvalue weighted by molar-refractivity contribution is 9.10. The van der Waals surface area contributed by atoms with Crippen molar-refractivity contribution in [2.45, 2.75) is 6.10 Å². The normalized spacial score (nSPS) is 12.2. The molecule has 0 aromatic heterocycles. The Hall–Kier alpha value is -1.17. The van der Waals surface area contributed by atoms with Gasteiger partial charge in [0, 0.05) is 12.6 Å². The van der Waals surface area contributed by atoms with Crippen molar-refractivity contribution in [3.05, 3.63) is 63.1 Å². The van der Waals surface area contributed by atoms with Crippen molar-refractivity contribution >= 4 is 27.5 Å². The molecule has 0 fully saturated rings. The van der Waals surface area contributed by atoms with Gasteiger partial charge in [-0.1, -0.05) is 23.7 Å². The van der Waals surface area contributed by atoms with Crippen LogP contribution < -0.4 is 10.5 Å². The number of ether oxygens (including phenoxy) is 1. The van der Waals surface area contributed by atoms with Crippen LogP contribution in [-0.4, -0.2) is 6.54 Å². The molecule has 0 amide bonds. The Bertz CT molecular complexity index is 607. The Morgan fingerprint density at radius 3 is 2.45 bits per heavy atom. The van der Waals surface area contributed by atoms with E-state index in [2.05, 4.69) is 15.9 Å². The molecule has 6 heteroatoms. The number of rotatable bonds is 4. The van der Waals surface area contributed by atoms with Gasteiger partial charge in [0.05, 0.1) is 9.50 Å². The summed E-state index contributed by atoms with van der Waals surface area (Å²) in [5.41, 5.74) is 6.36. The van der Waals surface area contributed by atoms with Crippen LogP contribution >= 0.6 is 27.5 Å². The standard InChI is InChI=1S/C14H11BrClF2NO/c15-10-5-11(16)12(18)6-13(10)20-14(7-19)8-1-3-9(17)4-2-8/h1-6,14H,7,19H2. The smallest absolute Gasteiger partial charge is 0.145 e. The van der Waals surface area contributed by atoms with Crippen molar-refractivity contribution in [2.24, 2.45) is 5.73 Å². The van der Waals surface area contributed by atoms with Crippen molar-refractivity contribution < 1.29 is 13.5 Å². The minimum absolute atomic E-state index is 0.00435. The highest BCUT2D eigenvalue weighted by atomic mass is 79.9. The van der Waals surface area contributed by atoms with Crippen LogP contribution in [0.15, 0.2) is 40.9 Å². The molecular formula is C14H11BrClF2NO. The van der Waals surface area contributed by atoms with Crippen LogP contribution in [0.2, 0.25) is 5.02 Å². The Balaban J connectivity index is 2.26. The Kier molecular flexibility index (Phi) is 4.96. The van der Waals surface area contributed by atoms with E-state index in [-0.39, 0.29) is 23.1 Å².